The van der Waals surface area contributed by atoms with Crippen LogP contribution in [0.3, 0.4) is 0 Å². The van der Waals surface area contributed by atoms with Gasteiger partial charge in [0.15, 0.2) is 0 Å². The molecule has 2 rings (SSSR count). The minimum atomic E-state index is -0.634. The summed E-state index contributed by atoms with van der Waals surface area (Å²) in [4.78, 5) is 13.9. The number of hydrogen-bond acceptors (Lipinski definition) is 6. The average molecular weight is 258 g/mol. The van der Waals surface area contributed by atoms with Gasteiger partial charge in [0.25, 0.3) is 0 Å². The minimum absolute atomic E-state index is 0.217. The van der Waals surface area contributed by atoms with Gasteiger partial charge in [0.2, 0.25) is 5.69 Å². The van der Waals surface area contributed by atoms with Crippen molar-refractivity contribution in [3.05, 3.63) is 51.6 Å². The molecular formula is C12H10N4O3. The summed E-state index contributed by atoms with van der Waals surface area (Å²) in [6.45, 7) is 2.23. The maximum atomic E-state index is 10.7. The molecule has 0 aliphatic carbocycles. The van der Waals surface area contributed by atoms with E-state index in [2.05, 4.69) is 10.3 Å². The molecule has 2 heterocycles. The molecule has 0 bridgehead atoms. The van der Waals surface area contributed by atoms with Gasteiger partial charge in [0.1, 0.15) is 23.4 Å². The van der Waals surface area contributed by atoms with Crippen molar-refractivity contribution in [1.29, 1.82) is 5.26 Å². The largest absolute Gasteiger partial charge is 0.465 e. The molecule has 0 aromatic carbocycles. The molecule has 96 valence electrons. The molecular weight excluding hydrogens is 248 g/mol. The number of nitrogens with zero attached hydrogens (tertiary/aromatic N) is 3. The van der Waals surface area contributed by atoms with Gasteiger partial charge >= 0.3 is 5.69 Å². The molecule has 0 amide bonds. The van der Waals surface area contributed by atoms with E-state index in [9.17, 15) is 10.1 Å². The fourth-order valence-electron chi connectivity index (χ4n) is 1.54. The Labute approximate surface area is 108 Å². The van der Waals surface area contributed by atoms with Crippen LogP contribution in [-0.4, -0.2) is 9.91 Å². The molecule has 1 N–H and O–H groups in total. The lowest BCUT2D eigenvalue weighted by Gasteiger charge is -2.03. The molecule has 0 radical (unpaired) electrons. The van der Waals surface area contributed by atoms with Crippen molar-refractivity contribution in [3.63, 3.8) is 0 Å². The first kappa shape index (κ1) is 12.6. The number of furan rings is 1. The van der Waals surface area contributed by atoms with Gasteiger partial charge in [-0.25, -0.2) is 4.98 Å². The Kier molecular flexibility index (Phi) is 3.43. The summed E-state index contributed by atoms with van der Waals surface area (Å²) in [7, 11) is 0. The van der Waals surface area contributed by atoms with Crippen molar-refractivity contribution in [2.45, 2.75) is 13.5 Å². The normalized spacial score (nSPS) is 9.89. The number of nitriles is 1. The first-order valence-corrected chi connectivity index (χ1v) is 5.45. The zero-order valence-electron chi connectivity index (χ0n) is 10.1. The van der Waals surface area contributed by atoms with Crippen LogP contribution in [0.4, 0.5) is 11.5 Å². The molecule has 2 aromatic rings. The molecule has 0 spiro atoms. The predicted octanol–water partition coefficient (Wildman–Crippen LogP) is 2.38. The first-order valence-electron chi connectivity index (χ1n) is 5.45. The monoisotopic (exact) mass is 258 g/mol. The van der Waals surface area contributed by atoms with Gasteiger partial charge in [0.05, 0.1) is 11.5 Å². The van der Waals surface area contributed by atoms with E-state index in [-0.39, 0.29) is 11.4 Å². The number of aryl methyl sites for hydroxylation is 1. The number of anilines is 1. The maximum absolute atomic E-state index is 10.7. The maximum Gasteiger partial charge on any atom is 0.305 e. The van der Waals surface area contributed by atoms with Crippen LogP contribution in [0, 0.1) is 28.4 Å². The smallest absolute Gasteiger partial charge is 0.305 e. The van der Waals surface area contributed by atoms with Crippen molar-refractivity contribution in [3.8, 4) is 6.07 Å². The number of aromatic nitrogens is 1. The number of nitrogens with one attached hydrogen (secondary N) is 1. The first-order chi connectivity index (χ1) is 9.10. The second kappa shape index (κ2) is 5.18. The SMILES string of the molecule is Cc1ccc(CNc2ccc([N+](=O)[O-])c(C#N)n2)o1. The Morgan fingerprint density at radius 3 is 2.84 bits per heavy atom. The molecule has 19 heavy (non-hydrogen) atoms. The highest BCUT2D eigenvalue weighted by atomic mass is 16.6. The zero-order valence-corrected chi connectivity index (χ0v) is 10.1. The standard InChI is InChI=1S/C12H10N4O3/c1-8-2-3-9(19-8)7-14-12-5-4-11(16(17)18)10(6-13)15-12/h2-5H,7H2,1H3,(H,14,15). The third-order valence-electron chi connectivity index (χ3n) is 2.42. The van der Waals surface area contributed by atoms with Gasteiger partial charge in [-0.15, -0.1) is 0 Å². The number of rotatable bonds is 4. The summed E-state index contributed by atoms with van der Waals surface area (Å²) in [6.07, 6.45) is 0. The Hall–Kier alpha value is -2.88. The summed E-state index contributed by atoms with van der Waals surface area (Å²) >= 11 is 0. The van der Waals surface area contributed by atoms with Crippen molar-refractivity contribution in [1.82, 2.24) is 4.98 Å². The van der Waals surface area contributed by atoms with Crippen LogP contribution in [0.1, 0.15) is 17.2 Å². The van der Waals surface area contributed by atoms with Crippen LogP contribution >= 0.6 is 0 Å². The summed E-state index contributed by atoms with van der Waals surface area (Å²) in [5.41, 5.74) is -0.521. The van der Waals surface area contributed by atoms with Gasteiger partial charge in [0, 0.05) is 6.07 Å². The van der Waals surface area contributed by atoms with Crippen LogP contribution in [0.2, 0.25) is 0 Å². The Morgan fingerprint density at radius 1 is 1.47 bits per heavy atom. The topological polar surface area (TPSA) is 105 Å². The number of nitro groups is 1. The Balaban J connectivity index is 2.14. The van der Waals surface area contributed by atoms with Gasteiger partial charge in [-0.05, 0) is 25.1 Å². The molecule has 0 saturated heterocycles. The highest BCUT2D eigenvalue weighted by molar-refractivity contribution is 5.50. The zero-order chi connectivity index (χ0) is 13.8. The Morgan fingerprint density at radius 2 is 2.26 bits per heavy atom. The third-order valence-corrected chi connectivity index (χ3v) is 2.42. The molecule has 0 fully saturated rings. The molecule has 7 heteroatoms. The van der Waals surface area contributed by atoms with E-state index < -0.39 is 4.92 Å². The molecule has 0 aliphatic rings. The summed E-state index contributed by atoms with van der Waals surface area (Å²) in [5, 5.41) is 22.4. The lowest BCUT2D eigenvalue weighted by atomic mass is 10.3. The second-order valence-corrected chi connectivity index (χ2v) is 3.80. The van der Waals surface area contributed by atoms with Crippen molar-refractivity contribution in [2.24, 2.45) is 0 Å². The summed E-state index contributed by atoms with van der Waals surface area (Å²) in [5.74, 6) is 1.90. The third kappa shape index (κ3) is 2.87. The molecule has 2 aromatic heterocycles. The fourth-order valence-corrected chi connectivity index (χ4v) is 1.54. The second-order valence-electron chi connectivity index (χ2n) is 3.80. The van der Waals surface area contributed by atoms with E-state index in [1.807, 2.05) is 19.1 Å². The molecule has 0 saturated carbocycles. The highest BCUT2D eigenvalue weighted by Gasteiger charge is 2.15. The van der Waals surface area contributed by atoms with Crippen LogP contribution in [-0.2, 0) is 6.54 Å². The molecule has 7 nitrogen and oxygen atoms in total. The van der Waals surface area contributed by atoms with Crippen LogP contribution in [0.25, 0.3) is 0 Å². The van der Waals surface area contributed by atoms with Crippen molar-refractivity contribution >= 4 is 11.5 Å². The lowest BCUT2D eigenvalue weighted by Crippen LogP contribution is -2.03. The summed E-state index contributed by atoms with van der Waals surface area (Å²) in [6, 6.07) is 8.06. The van der Waals surface area contributed by atoms with Gasteiger partial charge in [-0.1, -0.05) is 0 Å². The van der Waals surface area contributed by atoms with Gasteiger partial charge in [-0.3, -0.25) is 10.1 Å². The van der Waals surface area contributed by atoms with Crippen molar-refractivity contribution in [2.75, 3.05) is 5.32 Å². The molecule has 0 aliphatic heterocycles. The van der Waals surface area contributed by atoms with E-state index in [4.69, 9.17) is 9.68 Å². The Bertz CT molecular complexity index is 657. The van der Waals surface area contributed by atoms with E-state index >= 15 is 0 Å². The predicted molar refractivity (Wildman–Crippen MR) is 66.4 cm³/mol. The van der Waals surface area contributed by atoms with Gasteiger partial charge in [-0.2, -0.15) is 5.26 Å². The number of hydrogen-bond donors (Lipinski definition) is 1. The van der Waals surface area contributed by atoms with Crippen molar-refractivity contribution < 1.29 is 9.34 Å². The van der Waals surface area contributed by atoms with Crippen LogP contribution in [0.5, 0.6) is 0 Å². The number of pyridine rings is 1. The molecule has 0 unspecified atom stereocenters. The van der Waals surface area contributed by atoms with E-state index in [0.717, 1.165) is 11.5 Å². The fraction of sp³-hybridized carbons (Fsp3) is 0.167. The average Bonchev–Trinajstić information content (AvgIpc) is 2.81. The van der Waals surface area contributed by atoms with E-state index in [1.165, 1.54) is 12.1 Å². The minimum Gasteiger partial charge on any atom is -0.465 e. The van der Waals surface area contributed by atoms with E-state index in [1.54, 1.807) is 6.07 Å². The van der Waals surface area contributed by atoms with Gasteiger partial charge < -0.3 is 9.73 Å². The van der Waals surface area contributed by atoms with E-state index in [0.29, 0.717) is 12.4 Å². The quantitative estimate of drug-likeness (QED) is 0.666. The highest BCUT2D eigenvalue weighted by Crippen LogP contribution is 2.18. The summed E-state index contributed by atoms with van der Waals surface area (Å²) < 4.78 is 5.36. The lowest BCUT2D eigenvalue weighted by molar-refractivity contribution is -0.385. The van der Waals surface area contributed by atoms with Crippen LogP contribution in [0.15, 0.2) is 28.7 Å². The molecule has 0 atom stereocenters. The van der Waals surface area contributed by atoms with Crippen LogP contribution < -0.4 is 5.32 Å².